The van der Waals surface area contributed by atoms with Gasteiger partial charge in [-0.2, -0.15) is 0 Å². The van der Waals surface area contributed by atoms with Crippen LogP contribution in [0.15, 0.2) is 46.9 Å². The van der Waals surface area contributed by atoms with Crippen LogP contribution in [0.1, 0.15) is 11.6 Å². The molecule has 0 aliphatic carbocycles. The van der Waals surface area contributed by atoms with Crippen LogP contribution in [-0.2, 0) is 4.79 Å². The van der Waals surface area contributed by atoms with Gasteiger partial charge in [-0.25, -0.2) is 0 Å². The van der Waals surface area contributed by atoms with Crippen LogP contribution >= 0.6 is 39.1 Å². The SMILES string of the molecule is NC(=O)C(Nc1ccc(Cl)cc1)c1ccc(Cl)cc1Br. The number of anilines is 1. The number of hydrogen-bond donors (Lipinski definition) is 2. The van der Waals surface area contributed by atoms with Gasteiger partial charge in [0.05, 0.1) is 0 Å². The molecule has 0 radical (unpaired) electrons. The number of halogens is 3. The zero-order valence-corrected chi connectivity index (χ0v) is 13.3. The maximum Gasteiger partial charge on any atom is 0.244 e. The molecule has 0 spiro atoms. The number of hydrogen-bond acceptors (Lipinski definition) is 2. The lowest BCUT2D eigenvalue weighted by Crippen LogP contribution is -2.28. The summed E-state index contributed by atoms with van der Waals surface area (Å²) < 4.78 is 0.718. The molecule has 2 aromatic rings. The van der Waals surface area contributed by atoms with Gasteiger partial charge in [0.15, 0.2) is 0 Å². The van der Waals surface area contributed by atoms with E-state index in [-0.39, 0.29) is 0 Å². The summed E-state index contributed by atoms with van der Waals surface area (Å²) in [7, 11) is 0. The first-order valence-electron chi connectivity index (χ1n) is 5.74. The van der Waals surface area contributed by atoms with E-state index < -0.39 is 11.9 Å². The molecule has 0 saturated heterocycles. The molecular weight excluding hydrogens is 363 g/mol. The molecule has 0 bridgehead atoms. The molecule has 0 aliphatic heterocycles. The number of rotatable bonds is 4. The molecule has 3 nitrogen and oxygen atoms in total. The van der Waals surface area contributed by atoms with Crippen LogP contribution in [0.25, 0.3) is 0 Å². The summed E-state index contributed by atoms with van der Waals surface area (Å²) >= 11 is 15.1. The molecular formula is C14H11BrCl2N2O. The predicted octanol–water partition coefficient (Wildman–Crippen LogP) is 4.39. The highest BCUT2D eigenvalue weighted by Gasteiger charge is 2.20. The Bertz CT molecular complexity index is 632. The lowest BCUT2D eigenvalue weighted by Gasteiger charge is -2.18. The maximum absolute atomic E-state index is 11.7. The molecule has 6 heteroatoms. The van der Waals surface area contributed by atoms with Crippen molar-refractivity contribution in [1.29, 1.82) is 0 Å². The number of carbonyl (C=O) groups is 1. The predicted molar refractivity (Wildman–Crippen MR) is 86.2 cm³/mol. The number of nitrogens with one attached hydrogen (secondary N) is 1. The summed E-state index contributed by atoms with van der Waals surface area (Å²) in [6.45, 7) is 0. The van der Waals surface area contributed by atoms with Crippen molar-refractivity contribution in [2.75, 3.05) is 5.32 Å². The Kier molecular flexibility index (Phi) is 4.91. The molecule has 0 heterocycles. The van der Waals surface area contributed by atoms with E-state index in [1.165, 1.54) is 0 Å². The van der Waals surface area contributed by atoms with Crippen molar-refractivity contribution in [3.8, 4) is 0 Å². The van der Waals surface area contributed by atoms with Gasteiger partial charge in [-0.05, 0) is 42.0 Å². The third-order valence-corrected chi connectivity index (χ3v) is 3.89. The van der Waals surface area contributed by atoms with Gasteiger partial charge in [-0.15, -0.1) is 0 Å². The van der Waals surface area contributed by atoms with Crippen LogP contribution in [0.3, 0.4) is 0 Å². The van der Waals surface area contributed by atoms with Crippen molar-refractivity contribution < 1.29 is 4.79 Å². The summed E-state index contributed by atoms with van der Waals surface area (Å²) in [5.41, 5.74) is 6.94. The van der Waals surface area contributed by atoms with Gasteiger partial charge in [0.2, 0.25) is 5.91 Å². The van der Waals surface area contributed by atoms with E-state index in [4.69, 9.17) is 28.9 Å². The van der Waals surface area contributed by atoms with Crippen LogP contribution < -0.4 is 11.1 Å². The zero-order chi connectivity index (χ0) is 14.7. The van der Waals surface area contributed by atoms with Crippen molar-refractivity contribution in [3.63, 3.8) is 0 Å². The minimum Gasteiger partial charge on any atom is -0.370 e. The van der Waals surface area contributed by atoms with Gasteiger partial charge < -0.3 is 11.1 Å². The molecule has 1 unspecified atom stereocenters. The molecule has 1 atom stereocenters. The Balaban J connectivity index is 2.31. The standard InChI is InChI=1S/C14H11BrCl2N2O/c15-12-7-9(17)3-6-11(12)13(14(18)20)19-10-4-1-8(16)2-5-10/h1-7,13,19H,(H2,18,20). The van der Waals surface area contributed by atoms with E-state index in [0.717, 1.165) is 15.7 Å². The minimum atomic E-state index is -0.664. The van der Waals surface area contributed by atoms with E-state index in [1.807, 2.05) is 0 Å². The molecule has 0 aromatic heterocycles. The van der Waals surface area contributed by atoms with Crippen LogP contribution in [0.4, 0.5) is 5.69 Å². The van der Waals surface area contributed by atoms with Gasteiger partial charge >= 0.3 is 0 Å². The minimum absolute atomic E-state index is 0.483. The largest absolute Gasteiger partial charge is 0.370 e. The van der Waals surface area contributed by atoms with Gasteiger partial charge in [-0.1, -0.05) is 45.2 Å². The molecule has 20 heavy (non-hydrogen) atoms. The topological polar surface area (TPSA) is 55.1 Å². The number of amides is 1. The van der Waals surface area contributed by atoms with Crippen molar-refractivity contribution in [3.05, 3.63) is 62.5 Å². The molecule has 3 N–H and O–H groups in total. The molecule has 104 valence electrons. The summed E-state index contributed by atoms with van der Waals surface area (Å²) in [5, 5.41) is 4.28. The number of primary amides is 1. The van der Waals surface area contributed by atoms with E-state index in [0.29, 0.717) is 10.0 Å². The monoisotopic (exact) mass is 372 g/mol. The molecule has 0 saturated carbocycles. The van der Waals surface area contributed by atoms with E-state index in [1.54, 1.807) is 42.5 Å². The van der Waals surface area contributed by atoms with E-state index >= 15 is 0 Å². The van der Waals surface area contributed by atoms with Crippen molar-refractivity contribution in [2.45, 2.75) is 6.04 Å². The first-order chi connectivity index (χ1) is 9.47. The molecule has 2 aromatic carbocycles. The van der Waals surface area contributed by atoms with Gasteiger partial charge in [0.1, 0.15) is 6.04 Å². The van der Waals surface area contributed by atoms with Crippen molar-refractivity contribution >= 4 is 50.7 Å². The smallest absolute Gasteiger partial charge is 0.244 e. The number of carbonyl (C=O) groups excluding carboxylic acids is 1. The highest BCUT2D eigenvalue weighted by Crippen LogP contribution is 2.29. The fourth-order valence-corrected chi connectivity index (χ4v) is 2.79. The highest BCUT2D eigenvalue weighted by atomic mass is 79.9. The lowest BCUT2D eigenvalue weighted by molar-refractivity contribution is -0.118. The molecule has 1 amide bonds. The highest BCUT2D eigenvalue weighted by molar-refractivity contribution is 9.10. The number of benzene rings is 2. The van der Waals surface area contributed by atoms with Crippen molar-refractivity contribution in [2.24, 2.45) is 5.73 Å². The first kappa shape index (κ1) is 15.2. The van der Waals surface area contributed by atoms with Gasteiger partial charge in [0.25, 0.3) is 0 Å². The summed E-state index contributed by atoms with van der Waals surface area (Å²) in [6.07, 6.45) is 0. The average Bonchev–Trinajstić information content (AvgIpc) is 2.39. The Morgan fingerprint density at radius 3 is 2.25 bits per heavy atom. The van der Waals surface area contributed by atoms with E-state index in [2.05, 4.69) is 21.2 Å². The Morgan fingerprint density at radius 1 is 1.10 bits per heavy atom. The van der Waals surface area contributed by atoms with Crippen LogP contribution in [0.5, 0.6) is 0 Å². The second-order valence-electron chi connectivity index (χ2n) is 4.15. The number of nitrogens with two attached hydrogens (primary N) is 1. The summed E-state index contributed by atoms with van der Waals surface area (Å²) in [5.74, 6) is -0.483. The van der Waals surface area contributed by atoms with E-state index in [9.17, 15) is 4.79 Å². The Labute approximate surface area is 135 Å². The summed E-state index contributed by atoms with van der Waals surface area (Å²) in [6, 6.07) is 11.5. The average molecular weight is 374 g/mol. The van der Waals surface area contributed by atoms with Crippen molar-refractivity contribution in [1.82, 2.24) is 0 Å². The zero-order valence-electron chi connectivity index (χ0n) is 10.2. The van der Waals surface area contributed by atoms with Gasteiger partial charge in [0, 0.05) is 20.2 Å². The molecule has 0 aliphatic rings. The Morgan fingerprint density at radius 2 is 1.70 bits per heavy atom. The maximum atomic E-state index is 11.7. The molecule has 2 rings (SSSR count). The quantitative estimate of drug-likeness (QED) is 0.834. The third kappa shape index (κ3) is 3.66. The normalized spacial score (nSPS) is 11.9. The van der Waals surface area contributed by atoms with Crippen LogP contribution in [-0.4, -0.2) is 5.91 Å². The van der Waals surface area contributed by atoms with Gasteiger partial charge in [-0.3, -0.25) is 4.79 Å². The second-order valence-corrected chi connectivity index (χ2v) is 5.88. The third-order valence-electron chi connectivity index (χ3n) is 2.71. The second kappa shape index (κ2) is 6.48. The fraction of sp³-hybridized carbons (Fsp3) is 0.0714. The summed E-state index contributed by atoms with van der Waals surface area (Å²) in [4.78, 5) is 11.7. The Hall–Kier alpha value is -1.23. The molecule has 0 fully saturated rings. The van der Waals surface area contributed by atoms with Crippen LogP contribution in [0.2, 0.25) is 10.0 Å². The lowest BCUT2D eigenvalue weighted by atomic mass is 10.1. The first-order valence-corrected chi connectivity index (χ1v) is 7.28. The fourth-order valence-electron chi connectivity index (χ4n) is 1.75. The van der Waals surface area contributed by atoms with Crippen LogP contribution in [0, 0.1) is 0 Å².